The van der Waals surface area contributed by atoms with Gasteiger partial charge < -0.3 is 19.7 Å². The molecule has 0 aliphatic carbocycles. The number of carbonyl (C=O) groups is 2. The van der Waals surface area contributed by atoms with Crippen LogP contribution >= 0.6 is 0 Å². The molecule has 1 unspecified atom stereocenters. The molecule has 0 saturated heterocycles. The molecule has 1 atom stereocenters. The van der Waals surface area contributed by atoms with Crippen molar-refractivity contribution in [3.63, 3.8) is 0 Å². The van der Waals surface area contributed by atoms with Gasteiger partial charge in [0.2, 0.25) is 0 Å². The summed E-state index contributed by atoms with van der Waals surface area (Å²) >= 11 is 0. The molecule has 2 amide bonds. The minimum Gasteiger partial charge on any atom is -0.481 e. The SMILES string of the molecule is CCC(CCNC(=O)N(C)Cc1ccco1)CCC(=O)O. The molecule has 0 bridgehead atoms. The largest absolute Gasteiger partial charge is 0.481 e. The zero-order valence-corrected chi connectivity index (χ0v) is 12.7. The molecule has 6 nitrogen and oxygen atoms in total. The fourth-order valence-corrected chi connectivity index (χ4v) is 2.11. The van der Waals surface area contributed by atoms with Crippen LogP contribution in [0.25, 0.3) is 0 Å². The van der Waals surface area contributed by atoms with E-state index in [9.17, 15) is 9.59 Å². The Bertz CT molecular complexity index is 431. The van der Waals surface area contributed by atoms with Gasteiger partial charge in [-0.15, -0.1) is 0 Å². The first-order chi connectivity index (χ1) is 10.0. The highest BCUT2D eigenvalue weighted by molar-refractivity contribution is 5.73. The van der Waals surface area contributed by atoms with Crippen LogP contribution in [0.4, 0.5) is 4.79 Å². The topological polar surface area (TPSA) is 82.8 Å². The number of amides is 2. The normalized spacial score (nSPS) is 11.9. The van der Waals surface area contributed by atoms with Crippen LogP contribution in [-0.4, -0.2) is 35.6 Å². The van der Waals surface area contributed by atoms with E-state index < -0.39 is 5.97 Å². The summed E-state index contributed by atoms with van der Waals surface area (Å²) in [6.45, 7) is 3.02. The van der Waals surface area contributed by atoms with Crippen molar-refractivity contribution >= 4 is 12.0 Å². The number of furan rings is 1. The van der Waals surface area contributed by atoms with Gasteiger partial charge in [0.15, 0.2) is 0 Å². The number of urea groups is 1. The molecule has 118 valence electrons. The van der Waals surface area contributed by atoms with Gasteiger partial charge in [-0.25, -0.2) is 4.79 Å². The molecule has 21 heavy (non-hydrogen) atoms. The number of hydrogen-bond donors (Lipinski definition) is 2. The average molecular weight is 296 g/mol. The van der Waals surface area contributed by atoms with Crippen LogP contribution in [0.3, 0.4) is 0 Å². The molecule has 0 radical (unpaired) electrons. The van der Waals surface area contributed by atoms with Crippen molar-refractivity contribution < 1.29 is 19.1 Å². The second-order valence-electron chi connectivity index (χ2n) is 5.16. The standard InChI is InChI=1S/C15H24N2O4/c1-3-12(6-7-14(18)19)8-9-16-15(20)17(2)11-13-5-4-10-21-13/h4-5,10,12H,3,6-9,11H2,1-2H3,(H,16,20)(H,18,19). The lowest BCUT2D eigenvalue weighted by atomic mass is 9.97. The van der Waals surface area contributed by atoms with Gasteiger partial charge in [0.1, 0.15) is 5.76 Å². The number of nitrogens with one attached hydrogen (secondary N) is 1. The summed E-state index contributed by atoms with van der Waals surface area (Å²) in [6.07, 6.45) is 4.14. The van der Waals surface area contributed by atoms with Crippen LogP contribution < -0.4 is 5.32 Å². The smallest absolute Gasteiger partial charge is 0.317 e. The third kappa shape index (κ3) is 6.83. The Balaban J connectivity index is 2.23. The van der Waals surface area contributed by atoms with E-state index in [1.54, 1.807) is 24.3 Å². The van der Waals surface area contributed by atoms with Crippen LogP contribution in [0, 0.1) is 5.92 Å². The molecular weight excluding hydrogens is 272 g/mol. The maximum absolute atomic E-state index is 11.9. The van der Waals surface area contributed by atoms with Crippen LogP contribution in [0.1, 0.15) is 38.4 Å². The molecule has 1 aromatic heterocycles. The van der Waals surface area contributed by atoms with Crippen molar-refractivity contribution in [2.75, 3.05) is 13.6 Å². The van der Waals surface area contributed by atoms with E-state index in [1.807, 2.05) is 13.0 Å². The Morgan fingerprint density at radius 3 is 2.76 bits per heavy atom. The monoisotopic (exact) mass is 296 g/mol. The van der Waals surface area contributed by atoms with E-state index in [1.165, 1.54) is 0 Å². The molecule has 0 saturated carbocycles. The lowest BCUT2D eigenvalue weighted by molar-refractivity contribution is -0.137. The van der Waals surface area contributed by atoms with Gasteiger partial charge in [-0.3, -0.25) is 4.79 Å². The predicted molar refractivity (Wildman–Crippen MR) is 78.8 cm³/mol. The molecule has 2 N–H and O–H groups in total. The second-order valence-corrected chi connectivity index (χ2v) is 5.16. The molecule has 0 aromatic carbocycles. The number of rotatable bonds is 9. The first kappa shape index (κ1) is 17.1. The van der Waals surface area contributed by atoms with Crippen molar-refractivity contribution in [1.29, 1.82) is 0 Å². The van der Waals surface area contributed by atoms with Crippen molar-refractivity contribution in [3.8, 4) is 0 Å². The zero-order chi connectivity index (χ0) is 15.7. The first-order valence-corrected chi connectivity index (χ1v) is 7.26. The predicted octanol–water partition coefficient (Wildman–Crippen LogP) is 2.70. The van der Waals surface area contributed by atoms with Gasteiger partial charge in [-0.05, 0) is 30.9 Å². The third-order valence-electron chi connectivity index (χ3n) is 3.49. The quantitative estimate of drug-likeness (QED) is 0.734. The van der Waals surface area contributed by atoms with Crippen molar-refractivity contribution in [2.24, 2.45) is 5.92 Å². The Labute approximate surface area is 125 Å². The summed E-state index contributed by atoms with van der Waals surface area (Å²) in [4.78, 5) is 24.0. The summed E-state index contributed by atoms with van der Waals surface area (Å²) in [5, 5.41) is 11.5. The van der Waals surface area contributed by atoms with E-state index in [0.29, 0.717) is 25.4 Å². The molecule has 6 heteroatoms. The summed E-state index contributed by atoms with van der Waals surface area (Å²) in [5.74, 6) is 0.299. The Morgan fingerprint density at radius 2 is 2.19 bits per heavy atom. The van der Waals surface area contributed by atoms with Gasteiger partial charge in [-0.2, -0.15) is 0 Å². The van der Waals surface area contributed by atoms with Gasteiger partial charge in [-0.1, -0.05) is 13.3 Å². The van der Waals surface area contributed by atoms with E-state index >= 15 is 0 Å². The first-order valence-electron chi connectivity index (χ1n) is 7.26. The van der Waals surface area contributed by atoms with Crippen molar-refractivity contribution in [1.82, 2.24) is 10.2 Å². The van der Waals surface area contributed by atoms with Crippen LogP contribution in [0.15, 0.2) is 22.8 Å². The van der Waals surface area contributed by atoms with Gasteiger partial charge in [0.05, 0.1) is 12.8 Å². The fraction of sp³-hybridized carbons (Fsp3) is 0.600. The molecule has 1 rings (SSSR count). The van der Waals surface area contributed by atoms with Crippen LogP contribution in [-0.2, 0) is 11.3 Å². The number of aliphatic carboxylic acids is 1. The molecule has 0 aliphatic rings. The lowest BCUT2D eigenvalue weighted by Crippen LogP contribution is -2.37. The summed E-state index contributed by atoms with van der Waals surface area (Å²) in [6, 6.07) is 3.46. The molecule has 0 fully saturated rings. The highest BCUT2D eigenvalue weighted by Gasteiger charge is 2.12. The van der Waals surface area contributed by atoms with E-state index in [0.717, 1.165) is 18.6 Å². The number of nitrogens with zero attached hydrogens (tertiary/aromatic N) is 1. The Hall–Kier alpha value is -1.98. The third-order valence-corrected chi connectivity index (χ3v) is 3.49. The second kappa shape index (κ2) is 9.05. The van der Waals surface area contributed by atoms with E-state index in [-0.39, 0.29) is 12.5 Å². The van der Waals surface area contributed by atoms with E-state index in [4.69, 9.17) is 9.52 Å². The van der Waals surface area contributed by atoms with Gasteiger partial charge in [0, 0.05) is 20.0 Å². The maximum atomic E-state index is 11.9. The Kier molecular flexibility index (Phi) is 7.36. The number of carboxylic acids is 1. The maximum Gasteiger partial charge on any atom is 0.317 e. The van der Waals surface area contributed by atoms with Gasteiger partial charge >= 0.3 is 12.0 Å². The zero-order valence-electron chi connectivity index (χ0n) is 12.7. The minimum absolute atomic E-state index is 0.153. The average Bonchev–Trinajstić information content (AvgIpc) is 2.94. The highest BCUT2D eigenvalue weighted by Crippen LogP contribution is 2.14. The molecule has 1 heterocycles. The van der Waals surface area contributed by atoms with E-state index in [2.05, 4.69) is 5.32 Å². The van der Waals surface area contributed by atoms with Crippen molar-refractivity contribution in [2.45, 2.75) is 39.2 Å². The Morgan fingerprint density at radius 1 is 1.43 bits per heavy atom. The fourth-order valence-electron chi connectivity index (χ4n) is 2.11. The molecule has 0 aliphatic heterocycles. The summed E-state index contributed by atoms with van der Waals surface area (Å²) in [5.41, 5.74) is 0. The summed E-state index contributed by atoms with van der Waals surface area (Å²) in [7, 11) is 1.71. The number of hydrogen-bond acceptors (Lipinski definition) is 3. The lowest BCUT2D eigenvalue weighted by Gasteiger charge is -2.18. The molecule has 1 aromatic rings. The van der Waals surface area contributed by atoms with Crippen molar-refractivity contribution in [3.05, 3.63) is 24.2 Å². The highest BCUT2D eigenvalue weighted by atomic mass is 16.4. The van der Waals surface area contributed by atoms with Crippen LogP contribution in [0.5, 0.6) is 0 Å². The summed E-state index contributed by atoms with van der Waals surface area (Å²) < 4.78 is 5.19. The number of carboxylic acid groups (broad SMARTS) is 1. The van der Waals surface area contributed by atoms with Crippen LogP contribution in [0.2, 0.25) is 0 Å². The molecule has 0 spiro atoms. The number of carbonyl (C=O) groups excluding carboxylic acids is 1. The van der Waals surface area contributed by atoms with Gasteiger partial charge in [0.25, 0.3) is 0 Å². The minimum atomic E-state index is -0.768. The molecular formula is C15H24N2O4.